The lowest BCUT2D eigenvalue weighted by atomic mass is 10.2. The van der Waals surface area contributed by atoms with Crippen molar-refractivity contribution in [1.82, 2.24) is 4.98 Å². The molecule has 0 atom stereocenters. The highest BCUT2D eigenvalue weighted by Gasteiger charge is 2.22. The molecule has 152 valence electrons. The number of rotatable bonds is 7. The normalized spacial score (nSPS) is 11.4. The largest absolute Gasteiger partial charge is 0.478 e. The Kier molecular flexibility index (Phi) is 5.75. The number of nitrogens with one attached hydrogen (secondary N) is 1. The number of hydrogen-bond donors (Lipinski definition) is 2. The summed E-state index contributed by atoms with van der Waals surface area (Å²) >= 11 is 0.985. The molecule has 0 spiro atoms. The summed E-state index contributed by atoms with van der Waals surface area (Å²) in [4.78, 5) is 15.0. The Labute approximate surface area is 166 Å². The van der Waals surface area contributed by atoms with Crippen LogP contribution in [0.2, 0.25) is 0 Å². The van der Waals surface area contributed by atoms with Crippen molar-refractivity contribution in [3.63, 3.8) is 0 Å². The lowest BCUT2D eigenvalue weighted by Crippen LogP contribution is -2.15. The summed E-state index contributed by atoms with van der Waals surface area (Å²) in [6, 6.07) is 8.05. The smallest absolute Gasteiger partial charge is 0.387 e. The molecule has 7 nitrogen and oxygen atoms in total. The van der Waals surface area contributed by atoms with Gasteiger partial charge in [-0.25, -0.2) is 14.2 Å². The maximum absolute atomic E-state index is 13.0. The van der Waals surface area contributed by atoms with Crippen LogP contribution in [0.5, 0.6) is 5.75 Å². The van der Waals surface area contributed by atoms with Gasteiger partial charge in [0.1, 0.15) is 10.8 Å². The van der Waals surface area contributed by atoms with E-state index in [4.69, 9.17) is 5.11 Å². The van der Waals surface area contributed by atoms with Crippen LogP contribution in [-0.4, -0.2) is 31.1 Å². The Morgan fingerprint density at radius 2 is 1.86 bits per heavy atom. The second kappa shape index (κ2) is 8.09. The molecule has 0 aliphatic rings. The van der Waals surface area contributed by atoms with E-state index in [1.54, 1.807) is 0 Å². The molecule has 2 aromatic carbocycles. The number of halogens is 3. The number of alkyl halides is 2. The van der Waals surface area contributed by atoms with E-state index in [-0.39, 0.29) is 11.3 Å². The molecule has 3 aromatic rings. The molecule has 12 heteroatoms. The number of aromatic carboxylic acids is 1. The summed E-state index contributed by atoms with van der Waals surface area (Å²) < 4.78 is 69.7. The summed E-state index contributed by atoms with van der Waals surface area (Å²) in [5.41, 5.74) is -0.257. The molecule has 0 aliphatic heterocycles. The van der Waals surface area contributed by atoms with E-state index in [2.05, 4.69) is 14.4 Å². The van der Waals surface area contributed by atoms with Gasteiger partial charge in [-0.15, -0.1) is 11.3 Å². The zero-order valence-corrected chi connectivity index (χ0v) is 15.8. The van der Waals surface area contributed by atoms with Gasteiger partial charge in [0, 0.05) is 10.9 Å². The fourth-order valence-corrected chi connectivity index (χ4v) is 4.41. The van der Waals surface area contributed by atoms with Crippen molar-refractivity contribution in [2.24, 2.45) is 0 Å². The molecule has 0 unspecified atom stereocenters. The van der Waals surface area contributed by atoms with Crippen molar-refractivity contribution in [2.75, 3.05) is 4.72 Å². The monoisotopic (exact) mass is 444 g/mol. The number of carboxylic acid groups (broad SMARTS) is 1. The Morgan fingerprint density at radius 1 is 1.17 bits per heavy atom. The summed E-state index contributed by atoms with van der Waals surface area (Å²) in [5, 5.41) is 10.1. The van der Waals surface area contributed by atoms with E-state index in [9.17, 15) is 26.4 Å². The van der Waals surface area contributed by atoms with Gasteiger partial charge in [-0.2, -0.15) is 17.2 Å². The Bertz CT molecular complexity index is 1150. The minimum absolute atomic E-state index is 0.302. The Morgan fingerprint density at radius 3 is 2.48 bits per heavy atom. The third-order valence-electron chi connectivity index (χ3n) is 3.54. The number of aromatic nitrogens is 1. The molecule has 2 N–H and O–H groups in total. The van der Waals surface area contributed by atoms with Gasteiger partial charge in [0.05, 0.1) is 11.3 Å². The third-order valence-corrected chi connectivity index (χ3v) is 5.83. The van der Waals surface area contributed by atoms with Gasteiger partial charge >= 0.3 is 12.6 Å². The third kappa shape index (κ3) is 4.84. The fourth-order valence-electron chi connectivity index (χ4n) is 2.24. The van der Waals surface area contributed by atoms with Crippen LogP contribution in [0.1, 0.15) is 10.4 Å². The zero-order chi connectivity index (χ0) is 21.2. The summed E-state index contributed by atoms with van der Waals surface area (Å²) in [5.74, 6) is -2.52. The first-order valence-electron chi connectivity index (χ1n) is 7.72. The number of sulfonamides is 1. The highest BCUT2D eigenvalue weighted by atomic mass is 32.2. The van der Waals surface area contributed by atoms with E-state index >= 15 is 0 Å². The highest BCUT2D eigenvalue weighted by molar-refractivity contribution is 7.92. The minimum Gasteiger partial charge on any atom is -0.478 e. The van der Waals surface area contributed by atoms with Crippen molar-refractivity contribution >= 4 is 33.0 Å². The van der Waals surface area contributed by atoms with Crippen LogP contribution >= 0.6 is 11.3 Å². The molecule has 0 saturated heterocycles. The van der Waals surface area contributed by atoms with Crippen molar-refractivity contribution in [2.45, 2.75) is 11.6 Å². The van der Waals surface area contributed by atoms with Gasteiger partial charge in [-0.05, 0) is 42.5 Å². The molecule has 1 heterocycles. The quantitative estimate of drug-likeness (QED) is 0.570. The number of benzene rings is 2. The number of ether oxygens (including phenoxy) is 1. The summed E-state index contributed by atoms with van der Waals surface area (Å²) in [7, 11) is -4.30. The lowest BCUT2D eigenvalue weighted by Gasteiger charge is -2.13. The van der Waals surface area contributed by atoms with Crippen molar-refractivity contribution in [3.8, 4) is 16.3 Å². The van der Waals surface area contributed by atoms with Crippen LogP contribution in [0.15, 0.2) is 52.9 Å². The van der Waals surface area contributed by atoms with Crippen LogP contribution in [0.25, 0.3) is 10.6 Å². The standard InChI is InChI=1S/C17H11F3N2O5S2/c18-11-4-1-9(2-5-11)15-21-14(8-28-15)29(25,26)22-12-6-3-10(16(23)24)7-13(12)27-17(19)20/h1-8,17,22H,(H,23,24). The average molecular weight is 444 g/mol. The molecule has 0 saturated carbocycles. The van der Waals surface area contributed by atoms with Crippen molar-refractivity contribution < 1.29 is 36.2 Å². The van der Waals surface area contributed by atoms with Gasteiger partial charge in [0.25, 0.3) is 10.0 Å². The first-order chi connectivity index (χ1) is 13.7. The number of carbonyl (C=O) groups is 1. The first kappa shape index (κ1) is 20.6. The van der Waals surface area contributed by atoms with E-state index in [0.717, 1.165) is 29.5 Å². The minimum atomic E-state index is -4.30. The molecule has 1 aromatic heterocycles. The van der Waals surface area contributed by atoms with E-state index in [1.807, 2.05) is 0 Å². The van der Waals surface area contributed by atoms with Gasteiger partial charge in [0.15, 0.2) is 10.8 Å². The zero-order valence-electron chi connectivity index (χ0n) is 14.2. The van der Waals surface area contributed by atoms with Crippen molar-refractivity contribution in [1.29, 1.82) is 0 Å². The lowest BCUT2D eigenvalue weighted by molar-refractivity contribution is -0.0494. The van der Waals surface area contributed by atoms with Gasteiger partial charge in [-0.3, -0.25) is 4.72 Å². The van der Waals surface area contributed by atoms with Crippen LogP contribution in [0, 0.1) is 5.82 Å². The van der Waals surface area contributed by atoms with Crippen molar-refractivity contribution in [3.05, 3.63) is 59.2 Å². The Balaban J connectivity index is 1.91. The number of hydrogen-bond acceptors (Lipinski definition) is 6. The second-order valence-corrected chi connectivity index (χ2v) is 7.99. The van der Waals surface area contributed by atoms with Crippen LogP contribution in [0.3, 0.4) is 0 Å². The molecule has 0 fully saturated rings. The maximum Gasteiger partial charge on any atom is 0.387 e. The topological polar surface area (TPSA) is 106 Å². The van der Waals surface area contributed by atoms with Gasteiger partial charge in [0.2, 0.25) is 0 Å². The summed E-state index contributed by atoms with van der Waals surface area (Å²) in [6.07, 6.45) is 0. The molecule has 0 bridgehead atoms. The van der Waals surface area contributed by atoms with E-state index < -0.39 is 39.2 Å². The van der Waals surface area contributed by atoms with Crippen LogP contribution in [-0.2, 0) is 10.0 Å². The number of nitrogens with zero attached hydrogens (tertiary/aromatic N) is 1. The molecule has 29 heavy (non-hydrogen) atoms. The molecular weight excluding hydrogens is 433 g/mol. The van der Waals surface area contributed by atoms with E-state index in [0.29, 0.717) is 10.6 Å². The highest BCUT2D eigenvalue weighted by Crippen LogP contribution is 2.31. The number of anilines is 1. The second-order valence-electron chi connectivity index (χ2n) is 5.50. The molecule has 3 rings (SSSR count). The van der Waals surface area contributed by atoms with Gasteiger partial charge < -0.3 is 9.84 Å². The molecular formula is C17H11F3N2O5S2. The fraction of sp³-hybridized carbons (Fsp3) is 0.0588. The predicted molar refractivity (Wildman–Crippen MR) is 98.3 cm³/mol. The SMILES string of the molecule is O=C(O)c1ccc(NS(=O)(=O)c2csc(-c3ccc(F)cc3)n2)c(OC(F)F)c1. The molecule has 0 radical (unpaired) electrons. The van der Waals surface area contributed by atoms with Crippen LogP contribution in [0.4, 0.5) is 18.9 Å². The average Bonchev–Trinajstić information content (AvgIpc) is 3.14. The Hall–Kier alpha value is -3.12. The number of carboxylic acids is 1. The van der Waals surface area contributed by atoms with Crippen LogP contribution < -0.4 is 9.46 Å². The molecule has 0 aliphatic carbocycles. The van der Waals surface area contributed by atoms with Gasteiger partial charge in [-0.1, -0.05) is 0 Å². The first-order valence-corrected chi connectivity index (χ1v) is 10.1. The van der Waals surface area contributed by atoms with E-state index in [1.165, 1.54) is 29.6 Å². The number of thiazole rings is 1. The maximum atomic E-state index is 13.0. The molecule has 0 amide bonds. The summed E-state index contributed by atoms with van der Waals surface area (Å²) in [6.45, 7) is -3.30. The predicted octanol–water partition coefficient (Wildman–Crippen LogP) is 4.05.